The molecular formula is C8H6F2O2. The maximum absolute atomic E-state index is 12.1. The number of phenols is 1. The summed E-state index contributed by atoms with van der Waals surface area (Å²) in [6.45, 7) is 0. The molecule has 0 aliphatic heterocycles. The predicted molar refractivity (Wildman–Crippen MR) is 38.5 cm³/mol. The van der Waals surface area contributed by atoms with E-state index >= 15 is 0 Å². The Bertz CT molecular complexity index is 297. The molecule has 0 aromatic heterocycles. The molecule has 1 aromatic carbocycles. The molecule has 1 rings (SSSR count). The Kier molecular flexibility index (Phi) is 2.38. The number of halogens is 2. The Morgan fingerprint density at radius 3 is 2.58 bits per heavy atom. The lowest BCUT2D eigenvalue weighted by Crippen LogP contribution is -1.89. The van der Waals surface area contributed by atoms with Gasteiger partial charge in [0.05, 0.1) is 11.1 Å². The van der Waals surface area contributed by atoms with Crippen LogP contribution in [0.3, 0.4) is 0 Å². The zero-order chi connectivity index (χ0) is 9.14. The fourth-order valence-electron chi connectivity index (χ4n) is 0.851. The molecule has 4 heteroatoms. The van der Waals surface area contributed by atoms with Crippen LogP contribution in [0.4, 0.5) is 8.78 Å². The number of hydrogen-bond acceptors (Lipinski definition) is 2. The largest absolute Gasteiger partial charge is 0.507 e. The highest BCUT2D eigenvalue weighted by Gasteiger charge is 2.14. The quantitative estimate of drug-likeness (QED) is 0.694. The molecule has 0 fully saturated rings. The number of aromatic hydroxyl groups is 1. The Morgan fingerprint density at radius 1 is 1.42 bits per heavy atom. The number of carbonyl (C=O) groups excluding carboxylic acids is 1. The number of aldehydes is 1. The summed E-state index contributed by atoms with van der Waals surface area (Å²) >= 11 is 0. The average Bonchev–Trinajstić information content (AvgIpc) is 2.04. The number of hydrogen-bond donors (Lipinski definition) is 1. The monoisotopic (exact) mass is 172 g/mol. The van der Waals surface area contributed by atoms with E-state index in [9.17, 15) is 13.6 Å². The van der Waals surface area contributed by atoms with Gasteiger partial charge in [0.1, 0.15) is 5.75 Å². The number of phenolic OH excluding ortho intramolecular Hbond substituents is 1. The third-order valence-corrected chi connectivity index (χ3v) is 1.46. The second kappa shape index (κ2) is 3.30. The van der Waals surface area contributed by atoms with Crippen LogP contribution in [-0.4, -0.2) is 11.4 Å². The van der Waals surface area contributed by atoms with Crippen molar-refractivity contribution < 1.29 is 18.7 Å². The first-order valence-electron chi connectivity index (χ1n) is 3.22. The first kappa shape index (κ1) is 8.64. The number of carbonyl (C=O) groups is 1. The van der Waals surface area contributed by atoms with Crippen LogP contribution in [0, 0.1) is 0 Å². The topological polar surface area (TPSA) is 37.3 Å². The highest BCUT2D eigenvalue weighted by Crippen LogP contribution is 2.29. The molecule has 64 valence electrons. The minimum Gasteiger partial charge on any atom is -0.507 e. The molecule has 0 radical (unpaired) electrons. The van der Waals surface area contributed by atoms with Crippen LogP contribution >= 0.6 is 0 Å². The normalized spacial score (nSPS) is 10.2. The number of para-hydroxylation sites is 1. The van der Waals surface area contributed by atoms with Gasteiger partial charge in [-0.3, -0.25) is 4.79 Å². The van der Waals surface area contributed by atoms with Gasteiger partial charge in [-0.25, -0.2) is 8.78 Å². The van der Waals surface area contributed by atoms with Crippen LogP contribution in [0.5, 0.6) is 5.75 Å². The molecule has 2 nitrogen and oxygen atoms in total. The van der Waals surface area contributed by atoms with Crippen molar-refractivity contribution in [3.63, 3.8) is 0 Å². The van der Waals surface area contributed by atoms with Gasteiger partial charge in [0.25, 0.3) is 6.43 Å². The average molecular weight is 172 g/mol. The van der Waals surface area contributed by atoms with E-state index in [1.165, 1.54) is 12.1 Å². The Morgan fingerprint density at radius 2 is 2.08 bits per heavy atom. The minimum absolute atomic E-state index is 0.118. The maximum Gasteiger partial charge on any atom is 0.267 e. The van der Waals surface area contributed by atoms with E-state index in [4.69, 9.17) is 5.11 Å². The van der Waals surface area contributed by atoms with E-state index in [1.807, 2.05) is 0 Å². The van der Waals surface area contributed by atoms with Gasteiger partial charge in [0.2, 0.25) is 0 Å². The summed E-state index contributed by atoms with van der Waals surface area (Å²) in [5, 5.41) is 9.05. The van der Waals surface area contributed by atoms with E-state index in [-0.39, 0.29) is 5.56 Å². The number of benzene rings is 1. The fraction of sp³-hybridized carbons (Fsp3) is 0.125. The van der Waals surface area contributed by atoms with Gasteiger partial charge in [-0.15, -0.1) is 0 Å². The smallest absolute Gasteiger partial charge is 0.267 e. The number of alkyl halides is 2. The molecule has 1 N–H and O–H groups in total. The highest BCUT2D eigenvalue weighted by atomic mass is 19.3. The van der Waals surface area contributed by atoms with Gasteiger partial charge in [-0.1, -0.05) is 6.07 Å². The Hall–Kier alpha value is -1.45. The van der Waals surface area contributed by atoms with Crippen molar-refractivity contribution in [1.29, 1.82) is 0 Å². The summed E-state index contributed by atoms with van der Waals surface area (Å²) in [6.07, 6.45) is -2.42. The lowest BCUT2D eigenvalue weighted by Gasteiger charge is -2.03. The molecular weight excluding hydrogens is 166 g/mol. The van der Waals surface area contributed by atoms with Crippen molar-refractivity contribution in [3.05, 3.63) is 29.3 Å². The van der Waals surface area contributed by atoms with Gasteiger partial charge in [-0.2, -0.15) is 0 Å². The van der Waals surface area contributed by atoms with Crippen LogP contribution in [-0.2, 0) is 0 Å². The van der Waals surface area contributed by atoms with Gasteiger partial charge < -0.3 is 5.11 Å². The van der Waals surface area contributed by atoms with Gasteiger partial charge in [0.15, 0.2) is 6.29 Å². The molecule has 0 saturated carbocycles. The summed E-state index contributed by atoms with van der Waals surface area (Å²) in [5.41, 5.74) is -0.632. The molecule has 0 spiro atoms. The van der Waals surface area contributed by atoms with Crippen molar-refractivity contribution in [2.75, 3.05) is 0 Å². The van der Waals surface area contributed by atoms with Crippen LogP contribution in [0.15, 0.2) is 18.2 Å². The molecule has 0 atom stereocenters. The summed E-state index contributed by atoms with van der Waals surface area (Å²) < 4.78 is 24.1. The lowest BCUT2D eigenvalue weighted by atomic mass is 10.1. The second-order valence-corrected chi connectivity index (χ2v) is 2.20. The molecule has 12 heavy (non-hydrogen) atoms. The molecule has 1 aromatic rings. The third kappa shape index (κ3) is 1.42. The van der Waals surface area contributed by atoms with Crippen LogP contribution in [0.1, 0.15) is 22.3 Å². The van der Waals surface area contributed by atoms with E-state index in [1.54, 1.807) is 0 Å². The zero-order valence-electron chi connectivity index (χ0n) is 6.00. The lowest BCUT2D eigenvalue weighted by molar-refractivity contribution is 0.111. The van der Waals surface area contributed by atoms with Gasteiger partial charge >= 0.3 is 0 Å². The standard InChI is InChI=1S/C8H6F2O2/c9-8(10)6-3-1-2-5(4-11)7(6)12/h1-4,8,12H. The summed E-state index contributed by atoms with van der Waals surface area (Å²) in [6, 6.07) is 3.64. The van der Waals surface area contributed by atoms with E-state index in [2.05, 4.69) is 0 Å². The second-order valence-electron chi connectivity index (χ2n) is 2.20. The Balaban J connectivity index is 3.22. The third-order valence-electron chi connectivity index (χ3n) is 1.46. The van der Waals surface area contributed by atoms with Crippen molar-refractivity contribution >= 4 is 6.29 Å². The van der Waals surface area contributed by atoms with Crippen molar-refractivity contribution in [2.45, 2.75) is 6.43 Å². The fourth-order valence-corrected chi connectivity index (χ4v) is 0.851. The highest BCUT2D eigenvalue weighted by molar-refractivity contribution is 5.79. The van der Waals surface area contributed by atoms with Crippen molar-refractivity contribution in [2.24, 2.45) is 0 Å². The molecule has 0 bridgehead atoms. The molecule has 0 aliphatic rings. The molecule has 0 aliphatic carbocycles. The predicted octanol–water partition coefficient (Wildman–Crippen LogP) is 2.14. The van der Waals surface area contributed by atoms with Gasteiger partial charge in [0, 0.05) is 0 Å². The van der Waals surface area contributed by atoms with Crippen LogP contribution in [0.2, 0.25) is 0 Å². The van der Waals surface area contributed by atoms with Crippen molar-refractivity contribution in [1.82, 2.24) is 0 Å². The number of rotatable bonds is 2. The first-order chi connectivity index (χ1) is 5.66. The zero-order valence-corrected chi connectivity index (χ0v) is 6.00. The summed E-state index contributed by atoms with van der Waals surface area (Å²) in [7, 11) is 0. The van der Waals surface area contributed by atoms with E-state index < -0.39 is 17.7 Å². The minimum atomic E-state index is -2.76. The maximum atomic E-state index is 12.1. The molecule has 0 amide bonds. The van der Waals surface area contributed by atoms with E-state index in [0.29, 0.717) is 6.29 Å². The molecule has 0 heterocycles. The van der Waals surface area contributed by atoms with Crippen LogP contribution in [0.25, 0.3) is 0 Å². The summed E-state index contributed by atoms with van der Waals surface area (Å²) in [4.78, 5) is 10.2. The molecule has 0 unspecified atom stereocenters. The SMILES string of the molecule is O=Cc1cccc(C(F)F)c1O. The Labute approximate surface area is 67.4 Å². The van der Waals surface area contributed by atoms with Crippen molar-refractivity contribution in [3.8, 4) is 5.75 Å². The first-order valence-corrected chi connectivity index (χ1v) is 3.22. The van der Waals surface area contributed by atoms with Crippen LogP contribution < -0.4 is 0 Å². The van der Waals surface area contributed by atoms with Gasteiger partial charge in [-0.05, 0) is 12.1 Å². The molecule has 0 saturated heterocycles. The van der Waals surface area contributed by atoms with E-state index in [0.717, 1.165) is 6.07 Å². The summed E-state index contributed by atoms with van der Waals surface area (Å²) in [5.74, 6) is -0.637.